The first kappa shape index (κ1) is 13.5. The molecule has 0 aliphatic rings. The van der Waals surface area contributed by atoms with Crippen molar-refractivity contribution in [3.63, 3.8) is 0 Å². The van der Waals surface area contributed by atoms with Gasteiger partial charge in [0, 0.05) is 19.3 Å². The second-order valence-electron chi connectivity index (χ2n) is 4.15. The maximum absolute atomic E-state index is 11.5. The molecule has 0 aromatic heterocycles. The van der Waals surface area contributed by atoms with Crippen molar-refractivity contribution in [2.45, 2.75) is 19.8 Å². The van der Waals surface area contributed by atoms with Crippen LogP contribution in [-0.2, 0) is 4.74 Å². The van der Waals surface area contributed by atoms with Crippen LogP contribution in [0.15, 0.2) is 24.3 Å². The van der Waals surface area contributed by atoms with Crippen molar-refractivity contribution < 1.29 is 9.53 Å². The Labute approximate surface area is 102 Å². The summed E-state index contributed by atoms with van der Waals surface area (Å²) in [6.07, 6.45) is 0. The zero-order chi connectivity index (χ0) is 12.7. The van der Waals surface area contributed by atoms with Gasteiger partial charge in [-0.05, 0) is 23.6 Å². The average molecular weight is 236 g/mol. The van der Waals surface area contributed by atoms with E-state index in [0.29, 0.717) is 19.1 Å². The molecule has 0 radical (unpaired) electrons. The maximum atomic E-state index is 11.5. The van der Waals surface area contributed by atoms with Gasteiger partial charge in [-0.15, -0.1) is 0 Å². The van der Waals surface area contributed by atoms with Crippen molar-refractivity contribution in [1.82, 2.24) is 5.32 Å². The second kappa shape index (κ2) is 6.91. The zero-order valence-electron chi connectivity index (χ0n) is 10.6. The monoisotopic (exact) mass is 236 g/mol. The number of methoxy groups -OCH3 is 1. The quantitative estimate of drug-likeness (QED) is 0.772. The predicted molar refractivity (Wildman–Crippen MR) is 69.4 cm³/mol. The Hall–Kier alpha value is -1.55. The highest BCUT2D eigenvalue weighted by atomic mass is 16.5. The van der Waals surface area contributed by atoms with E-state index in [1.165, 1.54) is 5.56 Å². The van der Waals surface area contributed by atoms with E-state index in [9.17, 15) is 4.79 Å². The van der Waals surface area contributed by atoms with Crippen LogP contribution in [0.3, 0.4) is 0 Å². The van der Waals surface area contributed by atoms with Gasteiger partial charge in [0.15, 0.2) is 0 Å². The molecule has 94 valence electrons. The number of nitrogens with one attached hydrogen (secondary N) is 2. The van der Waals surface area contributed by atoms with E-state index < -0.39 is 0 Å². The maximum Gasteiger partial charge on any atom is 0.319 e. The molecule has 17 heavy (non-hydrogen) atoms. The lowest BCUT2D eigenvalue weighted by atomic mass is 10.0. The summed E-state index contributed by atoms with van der Waals surface area (Å²) in [4.78, 5) is 11.5. The number of benzene rings is 1. The Balaban J connectivity index is 2.50. The highest BCUT2D eigenvalue weighted by molar-refractivity contribution is 5.89. The number of carbonyl (C=O) groups is 1. The van der Waals surface area contributed by atoms with Crippen molar-refractivity contribution >= 4 is 11.7 Å². The number of rotatable bonds is 5. The SMILES string of the molecule is COCCNC(=O)Nc1cccc(C(C)C)c1. The molecule has 0 bridgehead atoms. The van der Waals surface area contributed by atoms with Crippen molar-refractivity contribution in [2.24, 2.45) is 0 Å². The molecule has 0 spiro atoms. The predicted octanol–water partition coefficient (Wildman–Crippen LogP) is 2.58. The van der Waals surface area contributed by atoms with Gasteiger partial charge in [0.25, 0.3) is 0 Å². The number of anilines is 1. The van der Waals surface area contributed by atoms with Crippen LogP contribution < -0.4 is 10.6 Å². The number of hydrogen-bond donors (Lipinski definition) is 2. The molecule has 4 nitrogen and oxygen atoms in total. The van der Waals surface area contributed by atoms with Crippen LogP contribution in [0.1, 0.15) is 25.3 Å². The summed E-state index contributed by atoms with van der Waals surface area (Å²) in [5.41, 5.74) is 2.02. The Morgan fingerprint density at radius 1 is 1.41 bits per heavy atom. The molecule has 1 aromatic rings. The van der Waals surface area contributed by atoms with E-state index in [4.69, 9.17) is 4.74 Å². The molecule has 0 fully saturated rings. The lowest BCUT2D eigenvalue weighted by Crippen LogP contribution is -2.31. The van der Waals surface area contributed by atoms with Crippen LogP contribution in [0, 0.1) is 0 Å². The molecule has 0 unspecified atom stereocenters. The van der Waals surface area contributed by atoms with Gasteiger partial charge in [-0.2, -0.15) is 0 Å². The molecule has 2 N–H and O–H groups in total. The number of ether oxygens (including phenoxy) is 1. The van der Waals surface area contributed by atoms with Crippen LogP contribution in [0.5, 0.6) is 0 Å². The van der Waals surface area contributed by atoms with E-state index >= 15 is 0 Å². The molecule has 0 aliphatic carbocycles. The van der Waals surface area contributed by atoms with Gasteiger partial charge in [0.1, 0.15) is 0 Å². The summed E-state index contributed by atoms with van der Waals surface area (Å²) in [6.45, 7) is 5.27. The summed E-state index contributed by atoms with van der Waals surface area (Å²) in [5, 5.41) is 5.50. The van der Waals surface area contributed by atoms with E-state index in [-0.39, 0.29) is 6.03 Å². The first-order chi connectivity index (χ1) is 8.13. The molecule has 0 heterocycles. The van der Waals surface area contributed by atoms with Gasteiger partial charge in [0.2, 0.25) is 0 Å². The minimum atomic E-state index is -0.206. The van der Waals surface area contributed by atoms with Crippen molar-refractivity contribution in [2.75, 3.05) is 25.6 Å². The van der Waals surface area contributed by atoms with Crippen LogP contribution in [0.4, 0.5) is 10.5 Å². The van der Waals surface area contributed by atoms with Crippen LogP contribution in [0.2, 0.25) is 0 Å². The number of hydrogen-bond acceptors (Lipinski definition) is 2. The standard InChI is InChI=1S/C13H20N2O2/c1-10(2)11-5-4-6-12(9-11)15-13(16)14-7-8-17-3/h4-6,9-10H,7-8H2,1-3H3,(H2,14,15,16). The van der Waals surface area contributed by atoms with Gasteiger partial charge in [-0.3, -0.25) is 0 Å². The molecule has 0 atom stereocenters. The van der Waals surface area contributed by atoms with Crippen molar-refractivity contribution in [3.8, 4) is 0 Å². The first-order valence-corrected chi connectivity index (χ1v) is 5.77. The third-order valence-electron chi connectivity index (χ3n) is 2.40. The fourth-order valence-electron chi connectivity index (χ4n) is 1.42. The summed E-state index contributed by atoms with van der Waals surface area (Å²) in [7, 11) is 1.60. The normalized spacial score (nSPS) is 10.4. The smallest absolute Gasteiger partial charge is 0.319 e. The van der Waals surface area contributed by atoms with Gasteiger partial charge in [-0.1, -0.05) is 26.0 Å². The Bertz CT molecular complexity index is 364. The Morgan fingerprint density at radius 2 is 2.18 bits per heavy atom. The molecule has 2 amide bonds. The molecular weight excluding hydrogens is 216 g/mol. The lowest BCUT2D eigenvalue weighted by molar-refractivity contribution is 0.198. The summed E-state index contributed by atoms with van der Waals surface area (Å²) in [5.74, 6) is 0.452. The molecule has 4 heteroatoms. The summed E-state index contributed by atoms with van der Waals surface area (Å²) in [6, 6.07) is 7.66. The molecule has 0 saturated heterocycles. The van der Waals surface area contributed by atoms with E-state index in [0.717, 1.165) is 5.69 Å². The average Bonchev–Trinajstić information content (AvgIpc) is 2.29. The minimum absolute atomic E-state index is 0.206. The fraction of sp³-hybridized carbons (Fsp3) is 0.462. The van der Waals surface area contributed by atoms with Crippen molar-refractivity contribution in [3.05, 3.63) is 29.8 Å². The summed E-state index contributed by atoms with van der Waals surface area (Å²) >= 11 is 0. The third-order valence-corrected chi connectivity index (χ3v) is 2.40. The van der Waals surface area contributed by atoms with Gasteiger partial charge in [-0.25, -0.2) is 4.79 Å². The first-order valence-electron chi connectivity index (χ1n) is 5.77. The molecule has 1 rings (SSSR count). The number of urea groups is 1. The van der Waals surface area contributed by atoms with Gasteiger partial charge >= 0.3 is 6.03 Å². The van der Waals surface area contributed by atoms with Gasteiger partial charge < -0.3 is 15.4 Å². The zero-order valence-corrected chi connectivity index (χ0v) is 10.6. The topological polar surface area (TPSA) is 50.4 Å². The highest BCUT2D eigenvalue weighted by Gasteiger charge is 2.03. The molecule has 0 aliphatic heterocycles. The number of carbonyl (C=O) groups excluding carboxylic acids is 1. The van der Waals surface area contributed by atoms with Gasteiger partial charge in [0.05, 0.1) is 6.61 Å². The largest absolute Gasteiger partial charge is 0.383 e. The van der Waals surface area contributed by atoms with Crippen LogP contribution in [0.25, 0.3) is 0 Å². The molecular formula is C13H20N2O2. The second-order valence-corrected chi connectivity index (χ2v) is 4.15. The van der Waals surface area contributed by atoms with Crippen molar-refractivity contribution in [1.29, 1.82) is 0 Å². The highest BCUT2D eigenvalue weighted by Crippen LogP contribution is 2.18. The van der Waals surface area contributed by atoms with Crippen LogP contribution >= 0.6 is 0 Å². The van der Waals surface area contributed by atoms with Crippen LogP contribution in [-0.4, -0.2) is 26.3 Å². The minimum Gasteiger partial charge on any atom is -0.383 e. The molecule has 0 saturated carbocycles. The Morgan fingerprint density at radius 3 is 2.82 bits per heavy atom. The molecule has 1 aromatic carbocycles. The fourth-order valence-corrected chi connectivity index (χ4v) is 1.42. The third kappa shape index (κ3) is 4.87. The number of amides is 2. The summed E-state index contributed by atoms with van der Waals surface area (Å²) < 4.78 is 4.85. The van der Waals surface area contributed by atoms with E-state index in [2.05, 4.69) is 30.5 Å². The van der Waals surface area contributed by atoms with E-state index in [1.807, 2.05) is 18.2 Å². The Kier molecular flexibility index (Phi) is 5.49. The van der Waals surface area contributed by atoms with E-state index in [1.54, 1.807) is 7.11 Å². The lowest BCUT2D eigenvalue weighted by Gasteiger charge is -2.10.